The molecule has 2 unspecified atom stereocenters. The highest BCUT2D eigenvalue weighted by atomic mass is 15.0. The van der Waals surface area contributed by atoms with E-state index in [0.717, 1.165) is 5.92 Å². The summed E-state index contributed by atoms with van der Waals surface area (Å²) in [5.41, 5.74) is 1.42. The van der Waals surface area contributed by atoms with Crippen LogP contribution >= 0.6 is 0 Å². The SMILES string of the molecule is CC(C)NC1CC1c1ccncc1. The van der Waals surface area contributed by atoms with E-state index in [2.05, 4.69) is 36.3 Å². The quantitative estimate of drug-likeness (QED) is 0.761. The fourth-order valence-electron chi connectivity index (χ4n) is 1.79. The van der Waals surface area contributed by atoms with E-state index in [1.165, 1.54) is 12.0 Å². The van der Waals surface area contributed by atoms with Gasteiger partial charge < -0.3 is 5.32 Å². The summed E-state index contributed by atoms with van der Waals surface area (Å²) in [5, 5.41) is 3.54. The van der Waals surface area contributed by atoms with Gasteiger partial charge in [-0.25, -0.2) is 0 Å². The zero-order valence-corrected chi connectivity index (χ0v) is 8.20. The first-order valence-corrected chi connectivity index (χ1v) is 4.93. The molecule has 1 aromatic rings. The zero-order chi connectivity index (χ0) is 9.26. The highest BCUT2D eigenvalue weighted by Gasteiger charge is 2.38. The minimum absolute atomic E-state index is 0.594. The van der Waals surface area contributed by atoms with Crippen molar-refractivity contribution in [1.82, 2.24) is 10.3 Å². The lowest BCUT2D eigenvalue weighted by Gasteiger charge is -2.06. The second-order valence-corrected chi connectivity index (χ2v) is 4.05. The minimum atomic E-state index is 0.594. The lowest BCUT2D eigenvalue weighted by Crippen LogP contribution is -2.25. The zero-order valence-electron chi connectivity index (χ0n) is 8.20. The van der Waals surface area contributed by atoms with Gasteiger partial charge in [-0.1, -0.05) is 13.8 Å². The number of hydrogen-bond acceptors (Lipinski definition) is 2. The van der Waals surface area contributed by atoms with E-state index >= 15 is 0 Å². The Bertz CT molecular complexity index is 269. The molecule has 1 N–H and O–H groups in total. The van der Waals surface area contributed by atoms with Gasteiger partial charge in [-0.2, -0.15) is 0 Å². The van der Waals surface area contributed by atoms with Crippen LogP contribution < -0.4 is 5.32 Å². The number of nitrogens with one attached hydrogen (secondary N) is 1. The molecule has 0 aliphatic heterocycles. The Hall–Kier alpha value is -0.890. The average Bonchev–Trinajstić information content (AvgIpc) is 2.84. The maximum atomic E-state index is 4.02. The predicted octanol–water partition coefficient (Wildman–Crippen LogP) is 1.94. The molecule has 2 nitrogen and oxygen atoms in total. The molecule has 0 radical (unpaired) electrons. The number of pyridine rings is 1. The van der Waals surface area contributed by atoms with E-state index in [9.17, 15) is 0 Å². The summed E-state index contributed by atoms with van der Waals surface area (Å²) in [6, 6.07) is 5.53. The van der Waals surface area contributed by atoms with Gasteiger partial charge in [-0.15, -0.1) is 0 Å². The van der Waals surface area contributed by atoms with Crippen molar-refractivity contribution in [3.05, 3.63) is 30.1 Å². The minimum Gasteiger partial charge on any atom is -0.311 e. The molecule has 1 aliphatic carbocycles. The first kappa shape index (κ1) is 8.70. The Morgan fingerprint density at radius 1 is 1.38 bits per heavy atom. The molecule has 70 valence electrons. The molecule has 1 saturated carbocycles. The van der Waals surface area contributed by atoms with Crippen molar-refractivity contribution in [2.75, 3.05) is 0 Å². The van der Waals surface area contributed by atoms with E-state index in [4.69, 9.17) is 0 Å². The topological polar surface area (TPSA) is 24.9 Å². The van der Waals surface area contributed by atoms with Gasteiger partial charge in [-0.05, 0) is 24.1 Å². The summed E-state index contributed by atoms with van der Waals surface area (Å²) in [5.74, 6) is 0.727. The lowest BCUT2D eigenvalue weighted by atomic mass is 10.2. The predicted molar refractivity (Wildman–Crippen MR) is 53.7 cm³/mol. The van der Waals surface area contributed by atoms with E-state index < -0.39 is 0 Å². The Balaban J connectivity index is 1.93. The van der Waals surface area contributed by atoms with Crippen molar-refractivity contribution in [2.24, 2.45) is 0 Å². The number of rotatable bonds is 3. The van der Waals surface area contributed by atoms with Crippen molar-refractivity contribution in [3.63, 3.8) is 0 Å². The molecule has 1 aliphatic rings. The number of nitrogens with zero attached hydrogens (tertiary/aromatic N) is 1. The molecule has 0 saturated heterocycles. The highest BCUT2D eigenvalue weighted by Crippen LogP contribution is 2.40. The van der Waals surface area contributed by atoms with Crippen molar-refractivity contribution in [1.29, 1.82) is 0 Å². The first-order chi connectivity index (χ1) is 6.27. The molecule has 0 spiro atoms. The van der Waals surface area contributed by atoms with Gasteiger partial charge in [-0.3, -0.25) is 4.98 Å². The van der Waals surface area contributed by atoms with Gasteiger partial charge in [0.05, 0.1) is 0 Å². The van der Waals surface area contributed by atoms with Crippen LogP contribution in [0, 0.1) is 0 Å². The Kier molecular flexibility index (Phi) is 2.32. The van der Waals surface area contributed by atoms with Crippen molar-refractivity contribution in [2.45, 2.75) is 38.3 Å². The molecule has 0 aromatic carbocycles. The summed E-state index contributed by atoms with van der Waals surface area (Å²) < 4.78 is 0. The average molecular weight is 176 g/mol. The molecule has 1 fully saturated rings. The maximum absolute atomic E-state index is 4.02. The normalized spacial score (nSPS) is 26.4. The third-order valence-electron chi connectivity index (χ3n) is 2.47. The summed E-state index contributed by atoms with van der Waals surface area (Å²) in [6.07, 6.45) is 5.03. The molecule has 2 heteroatoms. The van der Waals surface area contributed by atoms with Gasteiger partial charge >= 0.3 is 0 Å². The van der Waals surface area contributed by atoms with Crippen LogP contribution in [0.2, 0.25) is 0 Å². The van der Waals surface area contributed by atoms with Crippen LogP contribution in [-0.4, -0.2) is 17.1 Å². The van der Waals surface area contributed by atoms with Crippen LogP contribution in [0.5, 0.6) is 0 Å². The molecular weight excluding hydrogens is 160 g/mol. The molecule has 0 bridgehead atoms. The molecular formula is C11H16N2. The molecule has 0 amide bonds. The van der Waals surface area contributed by atoms with Crippen molar-refractivity contribution in [3.8, 4) is 0 Å². The summed E-state index contributed by atoms with van der Waals surface area (Å²) in [6.45, 7) is 4.39. The largest absolute Gasteiger partial charge is 0.311 e. The van der Waals surface area contributed by atoms with Crippen LogP contribution in [-0.2, 0) is 0 Å². The van der Waals surface area contributed by atoms with Gasteiger partial charge in [0.1, 0.15) is 0 Å². The Morgan fingerprint density at radius 2 is 2.08 bits per heavy atom. The summed E-state index contributed by atoms with van der Waals surface area (Å²) >= 11 is 0. The van der Waals surface area contributed by atoms with E-state index in [1.807, 2.05) is 12.4 Å². The Morgan fingerprint density at radius 3 is 2.69 bits per heavy atom. The second kappa shape index (κ2) is 3.46. The van der Waals surface area contributed by atoms with Crippen LogP contribution in [0.15, 0.2) is 24.5 Å². The number of aromatic nitrogens is 1. The first-order valence-electron chi connectivity index (χ1n) is 4.93. The monoisotopic (exact) mass is 176 g/mol. The van der Waals surface area contributed by atoms with Crippen molar-refractivity contribution < 1.29 is 0 Å². The Labute approximate surface area is 79.4 Å². The molecule has 1 aromatic heterocycles. The van der Waals surface area contributed by atoms with E-state index in [0.29, 0.717) is 12.1 Å². The molecule has 2 atom stereocenters. The summed E-state index contributed by atoms with van der Waals surface area (Å²) in [4.78, 5) is 4.02. The van der Waals surface area contributed by atoms with Crippen LogP contribution in [0.4, 0.5) is 0 Å². The van der Waals surface area contributed by atoms with Crippen molar-refractivity contribution >= 4 is 0 Å². The van der Waals surface area contributed by atoms with E-state index in [-0.39, 0.29) is 0 Å². The van der Waals surface area contributed by atoms with Crippen LogP contribution in [0.1, 0.15) is 31.7 Å². The van der Waals surface area contributed by atoms with Gasteiger partial charge in [0.15, 0.2) is 0 Å². The third-order valence-corrected chi connectivity index (χ3v) is 2.47. The van der Waals surface area contributed by atoms with Crippen LogP contribution in [0.25, 0.3) is 0 Å². The highest BCUT2D eigenvalue weighted by molar-refractivity contribution is 5.25. The van der Waals surface area contributed by atoms with Gasteiger partial charge in [0, 0.05) is 30.4 Å². The standard InChI is InChI=1S/C11H16N2/c1-8(2)13-11-7-10(11)9-3-5-12-6-4-9/h3-6,8,10-11,13H,7H2,1-2H3. The fraction of sp³-hybridized carbons (Fsp3) is 0.545. The maximum Gasteiger partial charge on any atom is 0.0270 e. The molecule has 2 rings (SSSR count). The van der Waals surface area contributed by atoms with Crippen LogP contribution in [0.3, 0.4) is 0 Å². The lowest BCUT2D eigenvalue weighted by molar-refractivity contribution is 0.576. The van der Waals surface area contributed by atoms with Gasteiger partial charge in [0.25, 0.3) is 0 Å². The fourth-order valence-corrected chi connectivity index (χ4v) is 1.79. The third kappa shape index (κ3) is 2.07. The number of hydrogen-bond donors (Lipinski definition) is 1. The second-order valence-electron chi connectivity index (χ2n) is 4.05. The van der Waals surface area contributed by atoms with E-state index in [1.54, 1.807) is 0 Å². The summed E-state index contributed by atoms with van der Waals surface area (Å²) in [7, 11) is 0. The van der Waals surface area contributed by atoms with Gasteiger partial charge in [0.2, 0.25) is 0 Å². The molecule has 13 heavy (non-hydrogen) atoms. The molecule has 1 heterocycles. The smallest absolute Gasteiger partial charge is 0.0270 e.